The number of benzene rings is 1. The Labute approximate surface area is 103 Å². The molecule has 0 bridgehead atoms. The first-order valence-electron chi connectivity index (χ1n) is 5.12. The molecule has 0 amide bonds. The first-order chi connectivity index (χ1) is 7.36. The summed E-state index contributed by atoms with van der Waals surface area (Å²) in [6.07, 6.45) is 6.24. The van der Waals surface area contributed by atoms with E-state index in [0.717, 1.165) is 34.2 Å². The Morgan fingerprint density at radius 3 is 2.50 bits per heavy atom. The summed E-state index contributed by atoms with van der Waals surface area (Å²) in [6, 6.07) is 7.68. The van der Waals surface area contributed by atoms with E-state index in [-0.39, 0.29) is 22.3 Å². The zero-order valence-electron chi connectivity index (χ0n) is 8.57. The Kier molecular flexibility index (Phi) is 2.98. The van der Waals surface area contributed by atoms with Crippen LogP contribution in [0, 0.1) is 0 Å². The molecule has 0 fully saturated rings. The van der Waals surface area contributed by atoms with Crippen LogP contribution in [0.25, 0.3) is 22.9 Å². The summed E-state index contributed by atoms with van der Waals surface area (Å²) < 4.78 is 0. The molecule has 0 unspecified atom stereocenters. The van der Waals surface area contributed by atoms with Crippen molar-refractivity contribution in [2.45, 2.75) is 12.8 Å². The van der Waals surface area contributed by atoms with Crippen molar-refractivity contribution in [1.82, 2.24) is 4.98 Å². The maximum absolute atomic E-state index is 11.7. The van der Waals surface area contributed by atoms with Crippen molar-refractivity contribution in [3.05, 3.63) is 45.2 Å². The summed E-state index contributed by atoms with van der Waals surface area (Å²) in [5.41, 5.74) is -0.115. The van der Waals surface area contributed by atoms with E-state index in [1.807, 2.05) is 30.3 Å². The van der Waals surface area contributed by atoms with Gasteiger partial charge in [0.15, 0.2) is 0 Å². The second-order valence-corrected chi connectivity index (χ2v) is 3.75. The molecule has 0 saturated carbocycles. The topological polar surface area (TPSA) is 31.2 Å². The summed E-state index contributed by atoms with van der Waals surface area (Å²) in [4.78, 5) is 15.8. The molecule has 2 aromatic rings. The van der Waals surface area contributed by atoms with Gasteiger partial charge in [-0.1, -0.05) is 36.4 Å². The minimum absolute atomic E-state index is 0. The van der Waals surface area contributed by atoms with Crippen LogP contribution in [0.4, 0.5) is 0 Å². The van der Waals surface area contributed by atoms with Gasteiger partial charge in [-0.2, -0.15) is 0 Å². The van der Waals surface area contributed by atoms with Crippen LogP contribution >= 0.6 is 0 Å². The Morgan fingerprint density at radius 1 is 1.00 bits per heavy atom. The fourth-order valence-corrected chi connectivity index (χ4v) is 2.09. The summed E-state index contributed by atoms with van der Waals surface area (Å²) in [5.74, 6) is 0. The summed E-state index contributed by atoms with van der Waals surface area (Å²) in [7, 11) is 0. The smallest absolute Gasteiger partial charge is 0.0859 e. The number of nitrogens with zero attached hydrogens (tertiary/aromatic N) is 1. The molecule has 1 aliphatic carbocycles. The van der Waals surface area contributed by atoms with Crippen LogP contribution in [0.2, 0.25) is 0 Å². The number of fused-ring (bicyclic) bond motifs is 3. The zero-order valence-corrected chi connectivity index (χ0v) is 9.61. The number of hydrogen-bond donors (Lipinski definition) is 0. The molecule has 1 heterocycles. The predicted molar refractivity (Wildman–Crippen MR) is 61.0 cm³/mol. The standard InChI is InChI=1S/C13H11NO.Co/c15-13-11-7-2-1-5-9(11)10-6-3-4-8-12(10)14-13;/h1-2,5-8H,3-4H2,(H,14,15);/p-1. The Balaban J connectivity index is 0.000000963. The van der Waals surface area contributed by atoms with Crippen LogP contribution in [-0.2, 0) is 16.8 Å². The Hall–Kier alpha value is -1.32. The molecule has 0 aliphatic heterocycles. The van der Waals surface area contributed by atoms with E-state index in [1.165, 1.54) is 0 Å². The van der Waals surface area contributed by atoms with Gasteiger partial charge in [-0.3, -0.25) is 0 Å². The van der Waals surface area contributed by atoms with Crippen molar-refractivity contribution >= 4 is 22.9 Å². The van der Waals surface area contributed by atoms with Gasteiger partial charge < -0.3 is 9.78 Å². The van der Waals surface area contributed by atoms with Crippen LogP contribution in [0.5, 0.6) is 0 Å². The van der Waals surface area contributed by atoms with Crippen LogP contribution < -0.4 is 21.1 Å². The van der Waals surface area contributed by atoms with Gasteiger partial charge in [0.2, 0.25) is 0 Å². The third kappa shape index (κ3) is 1.62. The molecule has 1 aromatic carbocycles. The molecule has 1 aromatic heterocycles. The molecule has 2 nitrogen and oxygen atoms in total. The van der Waals surface area contributed by atoms with E-state index in [9.17, 15) is 4.79 Å². The van der Waals surface area contributed by atoms with Crippen LogP contribution in [-0.4, -0.2) is 0 Å². The number of rotatable bonds is 0. The van der Waals surface area contributed by atoms with Crippen LogP contribution in [0.1, 0.15) is 12.8 Å². The summed E-state index contributed by atoms with van der Waals surface area (Å²) in [5, 5.41) is 3.73. The van der Waals surface area contributed by atoms with Gasteiger partial charge in [-0.15, -0.1) is 5.35 Å². The number of pyridine rings is 1. The van der Waals surface area contributed by atoms with Crippen molar-refractivity contribution in [1.29, 1.82) is 0 Å². The van der Waals surface area contributed by atoms with Crippen LogP contribution in [0.15, 0.2) is 29.1 Å². The molecule has 16 heavy (non-hydrogen) atoms. The fraction of sp³-hybridized carbons (Fsp3) is 0.154. The molecule has 0 atom stereocenters. The van der Waals surface area contributed by atoms with Gasteiger partial charge in [0, 0.05) is 22.2 Å². The van der Waals surface area contributed by atoms with Gasteiger partial charge in [0.1, 0.15) is 0 Å². The third-order valence-corrected chi connectivity index (χ3v) is 2.80. The molecule has 1 radical (unpaired) electrons. The average Bonchev–Trinajstić information content (AvgIpc) is 2.30. The molecule has 3 rings (SSSR count). The summed E-state index contributed by atoms with van der Waals surface area (Å²) >= 11 is 0. The normalized spacial score (nSPS) is 13.2. The van der Waals surface area contributed by atoms with Crippen molar-refractivity contribution in [3.63, 3.8) is 0 Å². The van der Waals surface area contributed by atoms with Crippen molar-refractivity contribution in [2.24, 2.45) is 0 Å². The quantitative estimate of drug-likeness (QED) is 0.686. The van der Waals surface area contributed by atoms with Crippen molar-refractivity contribution in [2.75, 3.05) is 0 Å². The van der Waals surface area contributed by atoms with Gasteiger partial charge in [0.05, 0.1) is 5.56 Å². The molecule has 0 saturated heterocycles. The maximum Gasteiger partial charge on any atom is 0.0859 e. The van der Waals surface area contributed by atoms with E-state index >= 15 is 0 Å². The predicted octanol–water partition coefficient (Wildman–Crippen LogP) is 0.510. The van der Waals surface area contributed by atoms with Crippen molar-refractivity contribution in [3.8, 4) is 0 Å². The van der Waals surface area contributed by atoms with Gasteiger partial charge in [0.25, 0.3) is 0 Å². The molecule has 0 spiro atoms. The van der Waals surface area contributed by atoms with Gasteiger partial charge >= 0.3 is 0 Å². The number of hydrogen-bond acceptors (Lipinski definition) is 1. The fourth-order valence-electron chi connectivity index (χ4n) is 2.09. The zero-order chi connectivity index (χ0) is 10.3. The SMILES string of the molecule is O=c1[n-]c2c(c3ccccc13)=CCCC=2.[Co]. The average molecular weight is 255 g/mol. The second kappa shape index (κ2) is 4.27. The van der Waals surface area contributed by atoms with E-state index in [4.69, 9.17) is 0 Å². The van der Waals surface area contributed by atoms with E-state index in [2.05, 4.69) is 11.1 Å². The second-order valence-electron chi connectivity index (χ2n) is 3.75. The first kappa shape index (κ1) is 11.2. The van der Waals surface area contributed by atoms with E-state index < -0.39 is 0 Å². The first-order valence-corrected chi connectivity index (χ1v) is 5.12. The van der Waals surface area contributed by atoms with Crippen molar-refractivity contribution < 1.29 is 16.8 Å². The Morgan fingerprint density at radius 2 is 1.69 bits per heavy atom. The van der Waals surface area contributed by atoms with Gasteiger partial charge in [-0.25, -0.2) is 0 Å². The molecular formula is C13H10CoNO-. The molecule has 83 valence electrons. The van der Waals surface area contributed by atoms with E-state index in [1.54, 1.807) is 0 Å². The largest absolute Gasteiger partial charge is 0.622 e. The molecular weight excluding hydrogens is 245 g/mol. The van der Waals surface area contributed by atoms with Crippen LogP contribution in [0.3, 0.4) is 0 Å². The van der Waals surface area contributed by atoms with E-state index in [0.29, 0.717) is 0 Å². The van der Waals surface area contributed by atoms with Gasteiger partial charge in [-0.05, 0) is 23.4 Å². The molecule has 1 aliphatic rings. The monoisotopic (exact) mass is 255 g/mol. The Bertz CT molecular complexity index is 700. The maximum atomic E-state index is 11.7. The minimum atomic E-state index is -0.115. The third-order valence-electron chi connectivity index (χ3n) is 2.80. The molecule has 0 N–H and O–H groups in total. The minimum Gasteiger partial charge on any atom is -0.622 e. The number of aromatic nitrogens is 1. The summed E-state index contributed by atoms with van der Waals surface area (Å²) in [6.45, 7) is 0. The molecule has 3 heteroatoms.